The molecule has 1 amide bonds. The van der Waals surface area contributed by atoms with E-state index in [9.17, 15) is 4.79 Å². The third-order valence-electron chi connectivity index (χ3n) is 4.76. The number of amides is 1. The molecule has 0 radical (unpaired) electrons. The van der Waals surface area contributed by atoms with Crippen LogP contribution in [0.4, 0.5) is 5.69 Å². The van der Waals surface area contributed by atoms with Crippen molar-refractivity contribution in [2.45, 2.75) is 66.0 Å². The van der Waals surface area contributed by atoms with E-state index in [4.69, 9.17) is 0 Å². The normalized spacial score (nSPS) is 12.3. The highest BCUT2D eigenvalue weighted by Gasteiger charge is 2.07. The Labute approximate surface area is 194 Å². The topological polar surface area (TPSA) is 68.8 Å². The Hall–Kier alpha value is -1.35. The van der Waals surface area contributed by atoms with Crippen LogP contribution in [-0.2, 0) is 11.3 Å². The molecule has 1 unspecified atom stereocenters. The smallest absolute Gasteiger partial charge is 0.224 e. The molecule has 0 heterocycles. The fourth-order valence-corrected chi connectivity index (χ4v) is 3.06. The van der Waals surface area contributed by atoms with E-state index in [1.165, 1.54) is 6.42 Å². The molecule has 1 aromatic rings. The average Bonchev–Trinajstić information content (AvgIpc) is 2.69. The summed E-state index contributed by atoms with van der Waals surface area (Å²) in [6, 6.07) is 8.29. The van der Waals surface area contributed by atoms with E-state index < -0.39 is 0 Å². The van der Waals surface area contributed by atoms with Gasteiger partial charge in [-0.15, -0.1) is 24.0 Å². The van der Waals surface area contributed by atoms with E-state index in [2.05, 4.69) is 46.6 Å². The molecule has 166 valence electrons. The van der Waals surface area contributed by atoms with Gasteiger partial charge in [-0.1, -0.05) is 32.9 Å². The molecular weight excluding hydrogens is 477 g/mol. The highest BCUT2D eigenvalue weighted by Crippen LogP contribution is 2.11. The van der Waals surface area contributed by atoms with Crippen LogP contribution in [-0.4, -0.2) is 49.5 Å². The molecule has 6 nitrogen and oxygen atoms in total. The van der Waals surface area contributed by atoms with E-state index in [0.29, 0.717) is 19.0 Å². The summed E-state index contributed by atoms with van der Waals surface area (Å²) in [7, 11) is 1.79. The molecule has 0 aliphatic heterocycles. The Morgan fingerprint density at radius 3 is 2.55 bits per heavy atom. The van der Waals surface area contributed by atoms with Crippen molar-refractivity contribution in [2.75, 3.05) is 32.0 Å². The van der Waals surface area contributed by atoms with Gasteiger partial charge in [0.15, 0.2) is 5.96 Å². The number of halogens is 1. The molecule has 0 aliphatic rings. The summed E-state index contributed by atoms with van der Waals surface area (Å²) in [5.41, 5.74) is 1.94. The standard InChI is InChI=1S/C22H39N5O.HI/c1-6-11-21(28)26-20-14-9-13-19(16-20)17-24-22(23-5)25-18(4)12-10-15-27(7-2)8-3;/h9,13-14,16,18H,6-8,10-12,15,17H2,1-5H3,(H,26,28)(H2,23,24,25);1H. The zero-order valence-corrected chi connectivity index (χ0v) is 21.1. The number of rotatable bonds is 12. The van der Waals surface area contributed by atoms with Gasteiger partial charge in [0.1, 0.15) is 0 Å². The molecule has 0 fully saturated rings. The lowest BCUT2D eigenvalue weighted by Gasteiger charge is -2.21. The van der Waals surface area contributed by atoms with Gasteiger partial charge >= 0.3 is 0 Å². The minimum atomic E-state index is 0. The SMILES string of the molecule is CCCC(=O)Nc1cccc(CNC(=NC)NC(C)CCCN(CC)CC)c1.I. The monoisotopic (exact) mass is 517 g/mol. The highest BCUT2D eigenvalue weighted by atomic mass is 127. The number of nitrogens with zero attached hydrogens (tertiary/aromatic N) is 2. The third-order valence-corrected chi connectivity index (χ3v) is 4.76. The Morgan fingerprint density at radius 2 is 1.93 bits per heavy atom. The molecule has 7 heteroatoms. The van der Waals surface area contributed by atoms with Crippen LogP contribution in [0.15, 0.2) is 29.3 Å². The van der Waals surface area contributed by atoms with Crippen molar-refractivity contribution in [2.24, 2.45) is 4.99 Å². The van der Waals surface area contributed by atoms with Gasteiger partial charge in [0.05, 0.1) is 0 Å². The third kappa shape index (κ3) is 12.1. The molecule has 0 aliphatic carbocycles. The zero-order chi connectivity index (χ0) is 20.8. The second kappa shape index (κ2) is 16.4. The van der Waals surface area contributed by atoms with E-state index in [1.807, 2.05) is 31.2 Å². The molecule has 1 aromatic carbocycles. The summed E-state index contributed by atoms with van der Waals surface area (Å²) < 4.78 is 0. The van der Waals surface area contributed by atoms with Crippen LogP contribution in [0, 0.1) is 0 Å². The quantitative estimate of drug-likeness (QED) is 0.221. The lowest BCUT2D eigenvalue weighted by molar-refractivity contribution is -0.116. The van der Waals surface area contributed by atoms with Crippen LogP contribution < -0.4 is 16.0 Å². The van der Waals surface area contributed by atoms with Crippen molar-refractivity contribution in [3.05, 3.63) is 29.8 Å². The van der Waals surface area contributed by atoms with Crippen LogP contribution in [0.1, 0.15) is 58.9 Å². The minimum Gasteiger partial charge on any atom is -0.354 e. The van der Waals surface area contributed by atoms with Crippen LogP contribution in [0.2, 0.25) is 0 Å². The van der Waals surface area contributed by atoms with Gasteiger partial charge in [-0.3, -0.25) is 9.79 Å². The predicted octanol–water partition coefficient (Wildman–Crippen LogP) is 4.22. The number of benzene rings is 1. The number of guanidine groups is 1. The van der Waals surface area contributed by atoms with E-state index >= 15 is 0 Å². The number of carbonyl (C=O) groups is 1. The molecule has 0 saturated carbocycles. The minimum absolute atomic E-state index is 0. The van der Waals surface area contributed by atoms with Crippen LogP contribution in [0.5, 0.6) is 0 Å². The molecule has 0 bridgehead atoms. The van der Waals surface area contributed by atoms with Gasteiger partial charge < -0.3 is 20.9 Å². The molecule has 1 rings (SSSR count). The lowest BCUT2D eigenvalue weighted by atomic mass is 10.1. The van der Waals surface area contributed by atoms with E-state index in [1.54, 1.807) is 7.05 Å². The molecule has 29 heavy (non-hydrogen) atoms. The van der Waals surface area contributed by atoms with Crippen LogP contribution >= 0.6 is 24.0 Å². The predicted molar refractivity (Wildman–Crippen MR) is 135 cm³/mol. The summed E-state index contributed by atoms with van der Waals surface area (Å²) >= 11 is 0. The second-order valence-corrected chi connectivity index (χ2v) is 7.14. The maximum atomic E-state index is 11.8. The summed E-state index contributed by atoms with van der Waals surface area (Å²) in [6.07, 6.45) is 3.68. The molecule has 0 aromatic heterocycles. The average molecular weight is 518 g/mol. The highest BCUT2D eigenvalue weighted by molar-refractivity contribution is 14.0. The number of anilines is 1. The summed E-state index contributed by atoms with van der Waals surface area (Å²) in [5, 5.41) is 9.76. The Morgan fingerprint density at radius 1 is 1.21 bits per heavy atom. The first-order valence-electron chi connectivity index (χ1n) is 10.6. The van der Waals surface area contributed by atoms with E-state index in [-0.39, 0.29) is 29.9 Å². The van der Waals surface area contributed by atoms with Crippen molar-refractivity contribution in [3.8, 4) is 0 Å². The Balaban J connectivity index is 0.00000784. The van der Waals surface area contributed by atoms with Crippen molar-refractivity contribution >= 4 is 41.5 Å². The van der Waals surface area contributed by atoms with Crippen molar-refractivity contribution < 1.29 is 4.79 Å². The Kier molecular flexibility index (Phi) is 15.7. The maximum Gasteiger partial charge on any atom is 0.224 e. The molecule has 0 spiro atoms. The number of hydrogen-bond donors (Lipinski definition) is 3. The lowest BCUT2D eigenvalue weighted by Crippen LogP contribution is -2.42. The fourth-order valence-electron chi connectivity index (χ4n) is 3.06. The van der Waals surface area contributed by atoms with Gasteiger partial charge in [-0.25, -0.2) is 0 Å². The second-order valence-electron chi connectivity index (χ2n) is 7.14. The van der Waals surface area contributed by atoms with Crippen molar-refractivity contribution in [1.29, 1.82) is 0 Å². The van der Waals surface area contributed by atoms with Crippen molar-refractivity contribution in [3.63, 3.8) is 0 Å². The Bertz CT molecular complexity index is 605. The molecule has 1 atom stereocenters. The van der Waals surface area contributed by atoms with Gasteiger partial charge in [-0.05, 0) is 63.5 Å². The number of nitrogens with one attached hydrogen (secondary N) is 3. The molecule has 3 N–H and O–H groups in total. The molecular formula is C22H40IN5O. The van der Waals surface area contributed by atoms with Crippen molar-refractivity contribution in [1.82, 2.24) is 15.5 Å². The summed E-state index contributed by atoms with van der Waals surface area (Å²) in [4.78, 5) is 18.5. The first-order valence-corrected chi connectivity index (χ1v) is 10.6. The van der Waals surface area contributed by atoms with Gasteiger partial charge in [0, 0.05) is 31.7 Å². The van der Waals surface area contributed by atoms with Gasteiger partial charge in [-0.2, -0.15) is 0 Å². The summed E-state index contributed by atoms with van der Waals surface area (Å²) in [5.74, 6) is 0.861. The number of aliphatic imine (C=N–C) groups is 1. The zero-order valence-electron chi connectivity index (χ0n) is 18.8. The first-order chi connectivity index (χ1) is 13.5. The first kappa shape index (κ1) is 27.6. The van der Waals surface area contributed by atoms with Gasteiger partial charge in [0.25, 0.3) is 0 Å². The molecule has 0 saturated heterocycles. The number of carbonyl (C=O) groups excluding carboxylic acids is 1. The van der Waals surface area contributed by atoms with Gasteiger partial charge in [0.2, 0.25) is 5.91 Å². The fraction of sp³-hybridized carbons (Fsp3) is 0.636. The van der Waals surface area contributed by atoms with Crippen LogP contribution in [0.3, 0.4) is 0 Å². The summed E-state index contributed by atoms with van der Waals surface area (Å²) in [6.45, 7) is 12.6. The van der Waals surface area contributed by atoms with Crippen LogP contribution in [0.25, 0.3) is 0 Å². The largest absolute Gasteiger partial charge is 0.354 e. The number of hydrogen-bond acceptors (Lipinski definition) is 3. The van der Waals surface area contributed by atoms with E-state index in [0.717, 1.165) is 49.7 Å². The maximum absolute atomic E-state index is 11.8.